The number of hydrogen-bond acceptors (Lipinski definition) is 8. The Morgan fingerprint density at radius 1 is 1.10 bits per heavy atom. The lowest BCUT2D eigenvalue weighted by molar-refractivity contribution is -0.367. The predicted octanol–water partition coefficient (Wildman–Crippen LogP) is 5.24. The van der Waals surface area contributed by atoms with Gasteiger partial charge in [-0.2, -0.15) is 0 Å². The molecule has 0 spiro atoms. The molecule has 4 aliphatic rings. The van der Waals surface area contributed by atoms with Crippen LogP contribution in [0.5, 0.6) is 0 Å². The Hall–Kier alpha value is -1.17. The van der Waals surface area contributed by atoms with Gasteiger partial charge in [-0.25, -0.2) is 0 Å². The molecular formula is C31H48O8Si. The topological polar surface area (TPSA) is 81.7 Å². The second-order valence-corrected chi connectivity index (χ2v) is 19.0. The van der Waals surface area contributed by atoms with Crippen molar-refractivity contribution in [2.24, 2.45) is 11.3 Å². The van der Waals surface area contributed by atoms with E-state index in [-0.39, 0.29) is 23.0 Å². The zero-order valence-corrected chi connectivity index (χ0v) is 26.8. The molecule has 224 valence electrons. The molecule has 0 aromatic heterocycles. The summed E-state index contributed by atoms with van der Waals surface area (Å²) in [5.74, 6) is -1.47. The first kappa shape index (κ1) is 30.3. The minimum atomic E-state index is -2.24. The van der Waals surface area contributed by atoms with Crippen LogP contribution in [0.15, 0.2) is 30.3 Å². The average molecular weight is 577 g/mol. The predicted molar refractivity (Wildman–Crippen MR) is 152 cm³/mol. The standard InChI is InChI=1S/C31H48O8Si/c1-19(33-8)36-24-23(32)25-27(38-29(5,6)37-25)30(7)21(39-40(9,10)28(2,3)4)16-22-31(18-34-22,26(24)30)35-17-20-14-12-11-13-15-20/h11-15,19,21-22,24-27H,16-18H2,1-10H3/t19?,21-,22+,24+,25-,26-,27-,30+,31-/m0/s1. The third kappa shape index (κ3) is 4.84. The minimum absolute atomic E-state index is 0.00563. The molecule has 4 fully saturated rings. The maximum absolute atomic E-state index is 14.3. The van der Waals surface area contributed by atoms with Gasteiger partial charge in [0, 0.05) is 24.9 Å². The van der Waals surface area contributed by atoms with Crippen LogP contribution in [-0.2, 0) is 44.2 Å². The molecule has 0 radical (unpaired) electrons. The number of benzene rings is 1. The van der Waals surface area contributed by atoms with Gasteiger partial charge in [0.2, 0.25) is 0 Å². The van der Waals surface area contributed by atoms with Gasteiger partial charge in [-0.3, -0.25) is 4.79 Å². The number of carbonyl (C=O) groups is 1. The van der Waals surface area contributed by atoms with Crippen molar-refractivity contribution in [2.75, 3.05) is 13.7 Å². The first-order chi connectivity index (χ1) is 18.6. The van der Waals surface area contributed by atoms with Gasteiger partial charge in [0.15, 0.2) is 26.2 Å². The number of carbonyl (C=O) groups excluding carboxylic acids is 1. The van der Waals surface area contributed by atoms with Gasteiger partial charge in [0.1, 0.15) is 23.9 Å². The number of fused-ring (bicyclic) bond motifs is 5. The minimum Gasteiger partial charge on any atom is -0.413 e. The fraction of sp³-hybridized carbons (Fsp3) is 0.774. The van der Waals surface area contributed by atoms with Crippen molar-refractivity contribution in [1.29, 1.82) is 0 Å². The molecule has 2 aliphatic heterocycles. The second-order valence-electron chi connectivity index (χ2n) is 14.2. The quantitative estimate of drug-likeness (QED) is 0.307. The van der Waals surface area contributed by atoms with Gasteiger partial charge in [-0.1, -0.05) is 58.0 Å². The van der Waals surface area contributed by atoms with Crippen molar-refractivity contribution in [3.63, 3.8) is 0 Å². The number of hydrogen-bond donors (Lipinski definition) is 0. The van der Waals surface area contributed by atoms with E-state index in [1.54, 1.807) is 7.11 Å². The molecule has 2 heterocycles. The first-order valence-corrected chi connectivity index (χ1v) is 17.5. The van der Waals surface area contributed by atoms with E-state index in [2.05, 4.69) is 52.9 Å². The molecular weight excluding hydrogens is 528 g/mol. The Bertz CT molecular complexity index is 1090. The number of methoxy groups -OCH3 is 1. The third-order valence-corrected chi connectivity index (χ3v) is 14.7. The Labute approximate surface area is 240 Å². The van der Waals surface area contributed by atoms with Crippen LogP contribution in [0.1, 0.15) is 60.5 Å². The van der Waals surface area contributed by atoms with Crippen molar-refractivity contribution in [3.8, 4) is 0 Å². The Kier molecular flexibility index (Phi) is 7.74. The van der Waals surface area contributed by atoms with E-state index >= 15 is 0 Å². The van der Waals surface area contributed by atoms with Crippen molar-refractivity contribution in [1.82, 2.24) is 0 Å². The van der Waals surface area contributed by atoms with Crippen LogP contribution in [0.25, 0.3) is 0 Å². The molecule has 0 N–H and O–H groups in total. The van der Waals surface area contributed by atoms with Crippen LogP contribution < -0.4 is 0 Å². The fourth-order valence-corrected chi connectivity index (χ4v) is 8.34. The highest BCUT2D eigenvalue weighted by Gasteiger charge is 2.77. The lowest BCUT2D eigenvalue weighted by Crippen LogP contribution is -2.81. The van der Waals surface area contributed by atoms with Gasteiger partial charge in [0.05, 0.1) is 25.4 Å². The Morgan fingerprint density at radius 2 is 1.77 bits per heavy atom. The fourth-order valence-electron chi connectivity index (χ4n) is 6.92. The summed E-state index contributed by atoms with van der Waals surface area (Å²) in [6.07, 6.45) is -2.59. The maximum atomic E-state index is 14.3. The number of ketones is 1. The zero-order chi connectivity index (χ0) is 29.3. The van der Waals surface area contributed by atoms with Gasteiger partial charge in [-0.15, -0.1) is 0 Å². The molecule has 9 atom stereocenters. The summed E-state index contributed by atoms with van der Waals surface area (Å²) in [4.78, 5) is 14.3. The molecule has 1 aromatic rings. The van der Waals surface area contributed by atoms with E-state index in [1.165, 1.54) is 0 Å². The van der Waals surface area contributed by atoms with E-state index in [4.69, 9.17) is 32.8 Å². The van der Waals surface area contributed by atoms with E-state index < -0.39 is 55.6 Å². The molecule has 2 saturated heterocycles. The molecule has 2 aliphatic carbocycles. The molecule has 2 saturated carbocycles. The number of Topliss-reactive ketones (excluding diaryl/α,β-unsaturated/α-hetero) is 1. The lowest BCUT2D eigenvalue weighted by atomic mass is 9.48. The van der Waals surface area contributed by atoms with Crippen LogP contribution in [0, 0.1) is 11.3 Å². The monoisotopic (exact) mass is 576 g/mol. The second kappa shape index (κ2) is 10.2. The summed E-state index contributed by atoms with van der Waals surface area (Å²) in [5.41, 5.74) is -0.364. The first-order valence-electron chi connectivity index (χ1n) is 14.6. The molecule has 5 rings (SSSR count). The summed E-state index contributed by atoms with van der Waals surface area (Å²) in [6, 6.07) is 10.1. The van der Waals surface area contributed by atoms with Gasteiger partial charge >= 0.3 is 0 Å². The molecule has 9 heteroatoms. The molecule has 1 aromatic carbocycles. The highest BCUT2D eigenvalue weighted by molar-refractivity contribution is 6.74. The Morgan fingerprint density at radius 3 is 2.35 bits per heavy atom. The summed E-state index contributed by atoms with van der Waals surface area (Å²) in [5, 5.41) is -0.00563. The van der Waals surface area contributed by atoms with Crippen LogP contribution >= 0.6 is 0 Å². The number of rotatable bonds is 8. The molecule has 8 nitrogen and oxygen atoms in total. The van der Waals surface area contributed by atoms with E-state index in [9.17, 15) is 4.79 Å². The van der Waals surface area contributed by atoms with Gasteiger partial charge in [0.25, 0.3) is 0 Å². The molecule has 40 heavy (non-hydrogen) atoms. The van der Waals surface area contributed by atoms with Crippen LogP contribution in [0.3, 0.4) is 0 Å². The maximum Gasteiger partial charge on any atom is 0.193 e. The van der Waals surface area contributed by atoms with Crippen molar-refractivity contribution >= 4 is 14.1 Å². The molecule has 0 amide bonds. The highest BCUT2D eigenvalue weighted by Crippen LogP contribution is 2.63. The Balaban J connectivity index is 1.63. The van der Waals surface area contributed by atoms with Crippen LogP contribution in [-0.4, -0.2) is 76.0 Å². The largest absolute Gasteiger partial charge is 0.413 e. The van der Waals surface area contributed by atoms with Crippen LogP contribution in [0.2, 0.25) is 18.1 Å². The van der Waals surface area contributed by atoms with E-state index in [0.29, 0.717) is 19.6 Å². The zero-order valence-electron chi connectivity index (χ0n) is 25.8. The van der Waals surface area contributed by atoms with Gasteiger partial charge < -0.3 is 32.8 Å². The summed E-state index contributed by atoms with van der Waals surface area (Å²) in [6.45, 7) is 19.8. The van der Waals surface area contributed by atoms with Crippen molar-refractivity contribution in [2.45, 2.75) is 128 Å². The molecule has 1 unspecified atom stereocenters. The summed E-state index contributed by atoms with van der Waals surface area (Å²) < 4.78 is 45.3. The summed E-state index contributed by atoms with van der Waals surface area (Å²) >= 11 is 0. The third-order valence-electron chi connectivity index (χ3n) is 10.2. The van der Waals surface area contributed by atoms with E-state index in [0.717, 1.165) is 5.56 Å². The van der Waals surface area contributed by atoms with Crippen molar-refractivity contribution < 1.29 is 37.6 Å². The van der Waals surface area contributed by atoms with Gasteiger partial charge in [-0.05, 0) is 44.5 Å². The smallest absolute Gasteiger partial charge is 0.193 e. The SMILES string of the molecule is COC(C)O[C@@H]1C(=O)[C@@H]2OC(C)(C)O[C@@H]2[C@]2(C)[C@@H](O[Si](C)(C)C(C)(C)C)C[C@H]3OC[C@@]3(OCc3ccccc3)[C@@H]12. The number of ether oxygens (including phenoxy) is 6. The molecule has 0 bridgehead atoms. The van der Waals surface area contributed by atoms with Crippen molar-refractivity contribution in [3.05, 3.63) is 35.9 Å². The normalized spacial score (nSPS) is 39.6. The average Bonchev–Trinajstić information content (AvgIpc) is 3.21. The highest BCUT2D eigenvalue weighted by atomic mass is 28.4. The van der Waals surface area contributed by atoms with E-state index in [1.807, 2.05) is 39.0 Å². The van der Waals surface area contributed by atoms with Crippen LogP contribution in [0.4, 0.5) is 0 Å². The lowest BCUT2D eigenvalue weighted by Gasteiger charge is -2.68. The summed E-state index contributed by atoms with van der Waals surface area (Å²) in [7, 11) is -0.657.